The lowest BCUT2D eigenvalue weighted by Gasteiger charge is -2.34. The van der Waals surface area contributed by atoms with Gasteiger partial charge in [-0.15, -0.1) is 0 Å². The smallest absolute Gasteiger partial charge is 0.315 e. The third-order valence-corrected chi connectivity index (χ3v) is 4.49. The number of amides is 2. The van der Waals surface area contributed by atoms with Crippen molar-refractivity contribution in [1.29, 1.82) is 0 Å². The highest BCUT2D eigenvalue weighted by Crippen LogP contribution is 2.32. The molecule has 6 nitrogen and oxygen atoms in total. The number of nitrogens with zero attached hydrogens (tertiary/aromatic N) is 1. The topological polar surface area (TPSA) is 62.8 Å². The molecule has 3 rings (SSSR count). The second-order valence-electron chi connectivity index (χ2n) is 6.42. The molecule has 1 aromatic carbocycles. The maximum Gasteiger partial charge on any atom is 0.315 e. The Kier molecular flexibility index (Phi) is 4.91. The highest BCUT2D eigenvalue weighted by atomic mass is 16.7. The summed E-state index contributed by atoms with van der Waals surface area (Å²) in [4.78, 5) is 14.5. The van der Waals surface area contributed by atoms with E-state index in [0.717, 1.165) is 43.0 Å². The molecule has 2 amide bonds. The Labute approximate surface area is 137 Å². The summed E-state index contributed by atoms with van der Waals surface area (Å²) in [5.74, 6) is 1.50. The van der Waals surface area contributed by atoms with Crippen molar-refractivity contribution in [2.75, 3.05) is 19.9 Å². The molecule has 0 aromatic heterocycles. The zero-order valence-corrected chi connectivity index (χ0v) is 13.8. The van der Waals surface area contributed by atoms with Gasteiger partial charge in [-0.1, -0.05) is 6.07 Å². The van der Waals surface area contributed by atoms with Crippen molar-refractivity contribution in [3.8, 4) is 11.5 Å². The largest absolute Gasteiger partial charge is 0.454 e. The molecule has 23 heavy (non-hydrogen) atoms. The Morgan fingerprint density at radius 1 is 1.26 bits per heavy atom. The van der Waals surface area contributed by atoms with Gasteiger partial charge in [-0.05, 0) is 44.4 Å². The summed E-state index contributed by atoms with van der Waals surface area (Å²) in [6, 6.07) is 6.46. The Balaban J connectivity index is 1.42. The molecule has 0 unspecified atom stereocenters. The number of rotatable bonds is 4. The Morgan fingerprint density at radius 2 is 2.00 bits per heavy atom. The molecule has 2 heterocycles. The number of ether oxygens (including phenoxy) is 2. The molecule has 1 fully saturated rings. The van der Waals surface area contributed by atoms with Crippen LogP contribution in [0.25, 0.3) is 0 Å². The van der Waals surface area contributed by atoms with Crippen LogP contribution in [0.2, 0.25) is 0 Å². The fourth-order valence-electron chi connectivity index (χ4n) is 3.03. The maximum atomic E-state index is 12.0. The molecule has 0 spiro atoms. The molecule has 126 valence electrons. The van der Waals surface area contributed by atoms with Crippen LogP contribution >= 0.6 is 0 Å². The summed E-state index contributed by atoms with van der Waals surface area (Å²) in [6.07, 6.45) is 2.02. The van der Waals surface area contributed by atoms with Crippen molar-refractivity contribution >= 4 is 6.03 Å². The molecule has 0 bridgehead atoms. The van der Waals surface area contributed by atoms with Crippen LogP contribution in [0, 0.1) is 0 Å². The van der Waals surface area contributed by atoms with E-state index in [9.17, 15) is 4.79 Å². The first-order valence-corrected chi connectivity index (χ1v) is 8.29. The van der Waals surface area contributed by atoms with Crippen LogP contribution < -0.4 is 20.1 Å². The van der Waals surface area contributed by atoms with E-state index in [2.05, 4.69) is 29.4 Å². The minimum absolute atomic E-state index is 0.106. The number of urea groups is 1. The summed E-state index contributed by atoms with van der Waals surface area (Å²) in [6.45, 7) is 7.27. The van der Waals surface area contributed by atoms with Gasteiger partial charge in [0.15, 0.2) is 11.5 Å². The highest BCUT2D eigenvalue weighted by molar-refractivity contribution is 5.74. The highest BCUT2D eigenvalue weighted by Gasteiger charge is 2.22. The zero-order valence-electron chi connectivity index (χ0n) is 13.8. The van der Waals surface area contributed by atoms with Crippen molar-refractivity contribution in [3.05, 3.63) is 23.8 Å². The quantitative estimate of drug-likeness (QED) is 0.892. The van der Waals surface area contributed by atoms with Crippen molar-refractivity contribution in [2.24, 2.45) is 0 Å². The second kappa shape index (κ2) is 7.08. The molecule has 2 N–H and O–H groups in total. The van der Waals surface area contributed by atoms with Crippen LogP contribution in [0.1, 0.15) is 32.3 Å². The first-order valence-electron chi connectivity index (χ1n) is 8.29. The lowest BCUT2D eigenvalue weighted by molar-refractivity contribution is 0.161. The van der Waals surface area contributed by atoms with E-state index < -0.39 is 0 Å². The fraction of sp³-hybridized carbons (Fsp3) is 0.588. The summed E-state index contributed by atoms with van der Waals surface area (Å²) in [7, 11) is 0. The molecule has 0 saturated carbocycles. The number of carbonyl (C=O) groups excluding carboxylic acids is 1. The van der Waals surface area contributed by atoms with Crippen LogP contribution in [0.15, 0.2) is 18.2 Å². The number of likely N-dealkylation sites (tertiary alicyclic amines) is 1. The van der Waals surface area contributed by atoms with E-state index in [4.69, 9.17) is 9.47 Å². The summed E-state index contributed by atoms with van der Waals surface area (Å²) >= 11 is 0. The molecule has 1 saturated heterocycles. The van der Waals surface area contributed by atoms with E-state index in [1.54, 1.807) is 0 Å². The molecule has 0 atom stereocenters. The Bertz CT molecular complexity index is 554. The van der Waals surface area contributed by atoms with Gasteiger partial charge in [-0.25, -0.2) is 4.79 Å². The average molecular weight is 319 g/mol. The number of benzene rings is 1. The number of fused-ring (bicyclic) bond motifs is 1. The minimum atomic E-state index is -0.106. The van der Waals surface area contributed by atoms with E-state index in [1.165, 1.54) is 0 Å². The van der Waals surface area contributed by atoms with Crippen molar-refractivity contribution in [3.63, 3.8) is 0 Å². The van der Waals surface area contributed by atoms with Crippen LogP contribution in [0.4, 0.5) is 4.79 Å². The number of carbonyl (C=O) groups is 1. The summed E-state index contributed by atoms with van der Waals surface area (Å²) in [5.41, 5.74) is 0.999. The molecule has 2 aliphatic rings. The van der Waals surface area contributed by atoms with Crippen molar-refractivity contribution in [2.45, 2.75) is 45.3 Å². The van der Waals surface area contributed by atoms with E-state index in [-0.39, 0.29) is 18.9 Å². The van der Waals surface area contributed by atoms with Gasteiger partial charge in [0.2, 0.25) is 6.79 Å². The van der Waals surface area contributed by atoms with Gasteiger partial charge < -0.3 is 25.0 Å². The normalized spacial score (nSPS) is 18.2. The number of hydrogen-bond donors (Lipinski definition) is 2. The van der Waals surface area contributed by atoms with E-state index in [0.29, 0.717) is 12.6 Å². The predicted octanol–water partition coefficient (Wildman–Crippen LogP) is 2.09. The minimum Gasteiger partial charge on any atom is -0.454 e. The van der Waals surface area contributed by atoms with Crippen LogP contribution in [-0.4, -0.2) is 42.9 Å². The summed E-state index contributed by atoms with van der Waals surface area (Å²) < 4.78 is 10.6. The lowest BCUT2D eigenvalue weighted by Crippen LogP contribution is -2.49. The van der Waals surface area contributed by atoms with Crippen LogP contribution in [-0.2, 0) is 6.54 Å². The van der Waals surface area contributed by atoms with Gasteiger partial charge in [-0.3, -0.25) is 0 Å². The standard InChI is InChI=1S/C17H25N3O3/c1-12(2)20-7-5-14(6-8-20)19-17(21)18-10-13-3-4-15-16(9-13)23-11-22-15/h3-4,9,12,14H,5-8,10-11H2,1-2H3,(H2,18,19,21). The number of nitrogens with one attached hydrogen (secondary N) is 2. The first-order chi connectivity index (χ1) is 11.1. The maximum absolute atomic E-state index is 12.0. The lowest BCUT2D eigenvalue weighted by atomic mass is 10.0. The second-order valence-corrected chi connectivity index (χ2v) is 6.42. The predicted molar refractivity (Wildman–Crippen MR) is 87.7 cm³/mol. The monoisotopic (exact) mass is 319 g/mol. The van der Waals surface area contributed by atoms with Crippen molar-refractivity contribution in [1.82, 2.24) is 15.5 Å². The van der Waals surface area contributed by atoms with Gasteiger partial charge in [-0.2, -0.15) is 0 Å². The molecule has 2 aliphatic heterocycles. The van der Waals surface area contributed by atoms with Crippen molar-refractivity contribution < 1.29 is 14.3 Å². The number of piperidine rings is 1. The Hall–Kier alpha value is -1.95. The van der Waals surface area contributed by atoms with Gasteiger partial charge in [0.25, 0.3) is 0 Å². The van der Waals surface area contributed by atoms with Gasteiger partial charge >= 0.3 is 6.03 Å². The van der Waals surface area contributed by atoms with Gasteiger partial charge in [0, 0.05) is 31.7 Å². The molecule has 6 heteroatoms. The number of hydrogen-bond acceptors (Lipinski definition) is 4. The third-order valence-electron chi connectivity index (χ3n) is 4.49. The molecule has 0 radical (unpaired) electrons. The molecule has 0 aliphatic carbocycles. The average Bonchev–Trinajstić information content (AvgIpc) is 3.01. The molecular formula is C17H25N3O3. The first kappa shape index (κ1) is 15.9. The van der Waals surface area contributed by atoms with Crippen LogP contribution in [0.3, 0.4) is 0 Å². The SMILES string of the molecule is CC(C)N1CCC(NC(=O)NCc2ccc3c(c2)OCO3)CC1. The fourth-order valence-corrected chi connectivity index (χ4v) is 3.03. The van der Waals surface area contributed by atoms with Gasteiger partial charge in [0.1, 0.15) is 0 Å². The molecular weight excluding hydrogens is 294 g/mol. The van der Waals surface area contributed by atoms with E-state index in [1.807, 2.05) is 18.2 Å². The zero-order chi connectivity index (χ0) is 16.2. The molecule has 1 aromatic rings. The van der Waals surface area contributed by atoms with E-state index >= 15 is 0 Å². The third kappa shape index (κ3) is 4.07. The van der Waals surface area contributed by atoms with Crippen LogP contribution in [0.5, 0.6) is 11.5 Å². The Morgan fingerprint density at radius 3 is 2.74 bits per heavy atom. The van der Waals surface area contributed by atoms with Gasteiger partial charge in [0.05, 0.1) is 0 Å². The summed E-state index contributed by atoms with van der Waals surface area (Å²) in [5, 5.41) is 5.98.